The summed E-state index contributed by atoms with van der Waals surface area (Å²) in [5.74, 6) is -7.10. The van der Waals surface area contributed by atoms with Crippen LogP contribution in [0.1, 0.15) is 42.6 Å². The molecule has 3 aromatic carbocycles. The summed E-state index contributed by atoms with van der Waals surface area (Å²) in [5, 5.41) is 6.51. The Hall–Kier alpha value is -2.89. The maximum Gasteiger partial charge on any atom is 0.412 e. The first-order chi connectivity index (χ1) is 19.9. The van der Waals surface area contributed by atoms with Crippen LogP contribution in [0.5, 0.6) is 0 Å². The second-order valence-electron chi connectivity index (χ2n) is 10.5. The molecule has 15 heteroatoms. The average molecular weight is 698 g/mol. The van der Waals surface area contributed by atoms with E-state index < -0.39 is 79.1 Å². The van der Waals surface area contributed by atoms with Gasteiger partial charge in [-0.2, -0.15) is 0 Å². The van der Waals surface area contributed by atoms with E-state index in [0.717, 1.165) is 24.3 Å². The number of ether oxygens (including phenoxy) is 1. The lowest BCUT2D eigenvalue weighted by Crippen LogP contribution is -2.28. The van der Waals surface area contributed by atoms with Crippen LogP contribution in [0.15, 0.2) is 42.5 Å². The molecule has 0 aromatic heterocycles. The fourth-order valence-electron chi connectivity index (χ4n) is 4.23. The summed E-state index contributed by atoms with van der Waals surface area (Å²) in [7, 11) is 0. The molecule has 3 N–H and O–H groups in total. The van der Waals surface area contributed by atoms with Crippen molar-refractivity contribution in [2.75, 3.05) is 16.0 Å². The largest absolute Gasteiger partial charge is 0.444 e. The molecule has 0 unspecified atom stereocenters. The SMILES string of the molecule is CC(C)(C)OC(=O)Nc1c(F)ccc(NC(=O)c2cc(NC(=O)[C@H]3[C@H](c4cc(Cl)cc(Cl)c4)C3(Cl)Cl)cc(F)c2Cl)c1F. The van der Waals surface area contributed by atoms with Gasteiger partial charge in [0.1, 0.15) is 27.3 Å². The molecule has 0 saturated heterocycles. The summed E-state index contributed by atoms with van der Waals surface area (Å²) in [5.41, 5.74) is -2.61. The lowest BCUT2D eigenvalue weighted by molar-refractivity contribution is -0.117. The van der Waals surface area contributed by atoms with Crippen LogP contribution in [0.4, 0.5) is 35.0 Å². The molecule has 4 rings (SSSR count). The number of rotatable bonds is 6. The number of carbonyl (C=O) groups excluding carboxylic acids is 3. The van der Waals surface area contributed by atoms with Crippen molar-refractivity contribution in [1.29, 1.82) is 0 Å². The zero-order chi connectivity index (χ0) is 32.0. The van der Waals surface area contributed by atoms with E-state index in [4.69, 9.17) is 62.7 Å². The summed E-state index contributed by atoms with van der Waals surface area (Å²) < 4.78 is 47.6. The summed E-state index contributed by atoms with van der Waals surface area (Å²) in [4.78, 5) is 38.1. The van der Waals surface area contributed by atoms with Gasteiger partial charge in [0.25, 0.3) is 5.91 Å². The van der Waals surface area contributed by atoms with E-state index in [0.29, 0.717) is 15.6 Å². The van der Waals surface area contributed by atoms with E-state index in [1.54, 1.807) is 32.9 Å². The number of carbonyl (C=O) groups is 3. The first kappa shape index (κ1) is 33.0. The van der Waals surface area contributed by atoms with E-state index >= 15 is 4.39 Å². The molecule has 0 aliphatic heterocycles. The third kappa shape index (κ3) is 7.44. The van der Waals surface area contributed by atoms with Crippen LogP contribution in [0.3, 0.4) is 0 Å². The monoisotopic (exact) mass is 695 g/mol. The first-order valence-electron chi connectivity index (χ1n) is 12.3. The molecule has 3 amide bonds. The van der Waals surface area contributed by atoms with Crippen molar-refractivity contribution in [2.24, 2.45) is 5.92 Å². The van der Waals surface area contributed by atoms with Gasteiger partial charge in [0, 0.05) is 21.7 Å². The minimum atomic E-state index is -1.53. The number of halogens is 8. The number of amides is 3. The predicted octanol–water partition coefficient (Wildman–Crippen LogP) is 9.19. The van der Waals surface area contributed by atoms with Crippen molar-refractivity contribution in [3.05, 3.63) is 86.1 Å². The third-order valence-electron chi connectivity index (χ3n) is 6.09. The molecule has 1 saturated carbocycles. The van der Waals surface area contributed by atoms with Crippen molar-refractivity contribution in [1.82, 2.24) is 0 Å². The van der Waals surface area contributed by atoms with Gasteiger partial charge in [0.2, 0.25) is 5.91 Å². The third-order valence-corrected chi connectivity index (χ3v) is 7.85. The standard InChI is InChI=1S/C28H21Cl5F3N3O4/c1-27(2,3)43-26(42)39-23-16(34)4-5-18(22(23)36)38-24(40)15-9-14(10-17(35)21(15)31)37-25(41)20-19(28(20,32)33)11-6-12(29)8-13(30)7-11/h4-10,19-20H,1-3H3,(H,37,41)(H,38,40)(H,39,42)/t19-,20+/m0/s1. The number of nitrogens with one attached hydrogen (secondary N) is 3. The van der Waals surface area contributed by atoms with Gasteiger partial charge in [-0.05, 0) is 68.8 Å². The smallest absolute Gasteiger partial charge is 0.412 e. The van der Waals surface area contributed by atoms with E-state index in [1.807, 2.05) is 5.32 Å². The van der Waals surface area contributed by atoms with Crippen LogP contribution >= 0.6 is 58.0 Å². The van der Waals surface area contributed by atoms with Gasteiger partial charge >= 0.3 is 6.09 Å². The van der Waals surface area contributed by atoms with Crippen molar-refractivity contribution in [2.45, 2.75) is 36.6 Å². The van der Waals surface area contributed by atoms with Gasteiger partial charge in [-0.1, -0.05) is 34.8 Å². The number of benzene rings is 3. The summed E-state index contributed by atoms with van der Waals surface area (Å²) in [6.07, 6.45) is -1.14. The van der Waals surface area contributed by atoms with Gasteiger partial charge in [0.15, 0.2) is 5.82 Å². The highest BCUT2D eigenvalue weighted by Gasteiger charge is 2.67. The molecular formula is C28H21Cl5F3N3O4. The molecule has 2 atom stereocenters. The Balaban J connectivity index is 1.54. The van der Waals surface area contributed by atoms with Crippen LogP contribution in [0, 0.1) is 23.4 Å². The first-order valence-corrected chi connectivity index (χ1v) is 14.2. The zero-order valence-corrected chi connectivity index (χ0v) is 26.1. The highest BCUT2D eigenvalue weighted by atomic mass is 35.5. The molecule has 0 bridgehead atoms. The Morgan fingerprint density at radius 1 is 0.860 bits per heavy atom. The maximum absolute atomic E-state index is 15.1. The zero-order valence-electron chi connectivity index (χ0n) is 22.4. The molecule has 1 aliphatic rings. The fraction of sp³-hybridized carbons (Fsp3) is 0.250. The number of alkyl halides is 2. The summed E-state index contributed by atoms with van der Waals surface area (Å²) in [6.45, 7) is 4.65. The van der Waals surface area contributed by atoms with Crippen LogP contribution in [-0.2, 0) is 9.53 Å². The van der Waals surface area contributed by atoms with E-state index in [1.165, 1.54) is 6.07 Å². The number of anilines is 3. The highest BCUT2D eigenvalue weighted by molar-refractivity contribution is 6.53. The minimum Gasteiger partial charge on any atom is -0.444 e. The molecule has 1 fully saturated rings. The second-order valence-corrected chi connectivity index (χ2v) is 13.2. The quantitative estimate of drug-likeness (QED) is 0.224. The molecule has 0 spiro atoms. The number of hydrogen-bond acceptors (Lipinski definition) is 4. The molecule has 228 valence electrons. The average Bonchev–Trinajstić information content (AvgIpc) is 3.45. The Morgan fingerprint density at radius 3 is 2.09 bits per heavy atom. The Kier molecular flexibility index (Phi) is 9.40. The maximum atomic E-state index is 15.1. The van der Waals surface area contributed by atoms with Crippen molar-refractivity contribution in [3.8, 4) is 0 Å². The van der Waals surface area contributed by atoms with Crippen LogP contribution in [0.25, 0.3) is 0 Å². The van der Waals surface area contributed by atoms with Gasteiger partial charge < -0.3 is 15.4 Å². The molecule has 43 heavy (non-hydrogen) atoms. The molecule has 0 heterocycles. The normalized spacial score (nSPS) is 17.2. The molecular weight excluding hydrogens is 677 g/mol. The summed E-state index contributed by atoms with van der Waals surface area (Å²) in [6, 6.07) is 8.17. The van der Waals surface area contributed by atoms with E-state index in [-0.39, 0.29) is 5.69 Å². The van der Waals surface area contributed by atoms with Crippen LogP contribution < -0.4 is 16.0 Å². The Labute approximate surface area is 268 Å². The van der Waals surface area contributed by atoms with Gasteiger partial charge in [-0.25, -0.2) is 18.0 Å². The molecule has 1 aliphatic carbocycles. The Bertz CT molecular complexity index is 1630. The van der Waals surface area contributed by atoms with Crippen LogP contribution in [-0.4, -0.2) is 27.8 Å². The lowest BCUT2D eigenvalue weighted by Gasteiger charge is -2.20. The topological polar surface area (TPSA) is 96.5 Å². The Morgan fingerprint density at radius 2 is 1.49 bits per heavy atom. The van der Waals surface area contributed by atoms with Crippen LogP contribution in [0.2, 0.25) is 15.1 Å². The summed E-state index contributed by atoms with van der Waals surface area (Å²) >= 11 is 30.8. The highest BCUT2D eigenvalue weighted by Crippen LogP contribution is 2.65. The van der Waals surface area contributed by atoms with E-state index in [2.05, 4.69) is 10.6 Å². The molecule has 7 nitrogen and oxygen atoms in total. The molecule has 0 radical (unpaired) electrons. The van der Waals surface area contributed by atoms with Gasteiger partial charge in [0.05, 0.1) is 22.2 Å². The van der Waals surface area contributed by atoms with Gasteiger partial charge in [-0.3, -0.25) is 14.9 Å². The van der Waals surface area contributed by atoms with Gasteiger partial charge in [-0.15, -0.1) is 23.2 Å². The fourth-order valence-corrected chi connectivity index (χ4v) is 5.79. The lowest BCUT2D eigenvalue weighted by atomic mass is 10.1. The van der Waals surface area contributed by atoms with Crippen molar-refractivity contribution < 1.29 is 32.3 Å². The van der Waals surface area contributed by atoms with E-state index in [9.17, 15) is 23.2 Å². The molecule has 3 aromatic rings. The predicted molar refractivity (Wildman–Crippen MR) is 161 cm³/mol. The van der Waals surface area contributed by atoms with Crippen molar-refractivity contribution in [3.63, 3.8) is 0 Å². The minimum absolute atomic E-state index is 0.192. The number of hydrogen-bond donors (Lipinski definition) is 3. The second kappa shape index (κ2) is 12.2. The van der Waals surface area contributed by atoms with Crippen molar-refractivity contribution >= 4 is 93.0 Å².